The summed E-state index contributed by atoms with van der Waals surface area (Å²) in [5.41, 5.74) is 4.06. The lowest BCUT2D eigenvalue weighted by Crippen LogP contribution is -2.46. The second-order valence-electron chi connectivity index (χ2n) is 8.49. The van der Waals surface area contributed by atoms with Crippen LogP contribution < -0.4 is 14.2 Å². The summed E-state index contributed by atoms with van der Waals surface area (Å²) in [6.07, 6.45) is 4.60. The average Bonchev–Trinajstić information content (AvgIpc) is 3.25. The molecule has 2 aromatic carbocycles. The van der Waals surface area contributed by atoms with E-state index in [0.717, 1.165) is 56.3 Å². The molecule has 0 N–H and O–H groups in total. The first-order valence-electron chi connectivity index (χ1n) is 11.0. The van der Waals surface area contributed by atoms with Gasteiger partial charge in [-0.15, -0.1) is 0 Å². The van der Waals surface area contributed by atoms with Gasteiger partial charge in [-0.1, -0.05) is 18.2 Å². The number of fused-ring (bicyclic) bond motifs is 1. The number of ether oxygens (including phenoxy) is 3. The Morgan fingerprint density at radius 3 is 2.73 bits per heavy atom. The molecule has 5 nitrogen and oxygen atoms in total. The third kappa shape index (κ3) is 4.90. The molecule has 2 aliphatic rings. The first kappa shape index (κ1) is 21.0. The van der Waals surface area contributed by atoms with Crippen molar-refractivity contribution >= 4 is 0 Å². The fourth-order valence-electron chi connectivity index (χ4n) is 4.66. The number of methoxy groups -OCH3 is 2. The summed E-state index contributed by atoms with van der Waals surface area (Å²) in [4.78, 5) is 5.14. The summed E-state index contributed by atoms with van der Waals surface area (Å²) in [7, 11) is 5.64. The SMILES string of the molecule is COc1ccc(CCN(C)[C@H]2CCCN(Cc3ccc4c(c3)CCO4)C2)cc1OC. The molecule has 4 rings (SSSR count). The van der Waals surface area contributed by atoms with Crippen LogP contribution in [0.25, 0.3) is 0 Å². The summed E-state index contributed by atoms with van der Waals surface area (Å²) in [6.45, 7) is 5.23. The molecule has 1 fully saturated rings. The number of hydrogen-bond donors (Lipinski definition) is 0. The Morgan fingerprint density at radius 1 is 1.07 bits per heavy atom. The minimum absolute atomic E-state index is 0.608. The Morgan fingerprint density at radius 2 is 1.90 bits per heavy atom. The first-order chi connectivity index (χ1) is 14.7. The van der Waals surface area contributed by atoms with Crippen LogP contribution in [0.1, 0.15) is 29.5 Å². The summed E-state index contributed by atoms with van der Waals surface area (Å²) in [6, 6.07) is 13.6. The van der Waals surface area contributed by atoms with Crippen LogP contribution in [-0.4, -0.2) is 63.4 Å². The molecule has 0 aliphatic carbocycles. The maximum atomic E-state index is 5.65. The molecule has 0 unspecified atom stereocenters. The zero-order chi connectivity index (χ0) is 20.9. The first-order valence-corrected chi connectivity index (χ1v) is 11.0. The van der Waals surface area contributed by atoms with E-state index in [2.05, 4.69) is 47.2 Å². The van der Waals surface area contributed by atoms with Crippen molar-refractivity contribution in [3.8, 4) is 17.2 Å². The van der Waals surface area contributed by atoms with Crippen molar-refractivity contribution in [2.75, 3.05) is 47.5 Å². The Balaban J connectivity index is 1.30. The number of hydrogen-bond acceptors (Lipinski definition) is 5. The van der Waals surface area contributed by atoms with Crippen molar-refractivity contribution in [1.82, 2.24) is 9.80 Å². The molecule has 0 saturated carbocycles. The van der Waals surface area contributed by atoms with Gasteiger partial charge in [0.05, 0.1) is 20.8 Å². The second kappa shape index (κ2) is 9.71. The Labute approximate surface area is 180 Å². The highest BCUT2D eigenvalue weighted by Crippen LogP contribution is 2.29. The molecule has 162 valence electrons. The van der Waals surface area contributed by atoms with Crippen LogP contribution in [0, 0.1) is 0 Å². The minimum Gasteiger partial charge on any atom is -0.493 e. The van der Waals surface area contributed by atoms with Crippen molar-refractivity contribution in [2.45, 2.75) is 38.3 Å². The molecule has 2 aromatic rings. The van der Waals surface area contributed by atoms with E-state index >= 15 is 0 Å². The molecular formula is C25H34N2O3. The van der Waals surface area contributed by atoms with Gasteiger partial charge >= 0.3 is 0 Å². The zero-order valence-electron chi connectivity index (χ0n) is 18.5. The maximum Gasteiger partial charge on any atom is 0.160 e. The van der Waals surface area contributed by atoms with Gasteiger partial charge in [0.1, 0.15) is 5.75 Å². The third-order valence-electron chi connectivity index (χ3n) is 6.47. The van der Waals surface area contributed by atoms with Crippen molar-refractivity contribution in [2.24, 2.45) is 0 Å². The van der Waals surface area contributed by atoms with Crippen LogP contribution in [0.2, 0.25) is 0 Å². The predicted octanol–water partition coefficient (Wildman–Crippen LogP) is 3.78. The van der Waals surface area contributed by atoms with Gasteiger partial charge in [0.2, 0.25) is 0 Å². The summed E-state index contributed by atoms with van der Waals surface area (Å²) in [5, 5.41) is 0. The monoisotopic (exact) mass is 410 g/mol. The highest BCUT2D eigenvalue weighted by molar-refractivity contribution is 5.43. The van der Waals surface area contributed by atoms with Crippen LogP contribution in [0.15, 0.2) is 36.4 Å². The Bertz CT molecular complexity index is 854. The smallest absolute Gasteiger partial charge is 0.160 e. The average molecular weight is 411 g/mol. The van der Waals surface area contributed by atoms with Crippen LogP contribution in [-0.2, 0) is 19.4 Å². The van der Waals surface area contributed by atoms with Gasteiger partial charge in [-0.25, -0.2) is 0 Å². The minimum atomic E-state index is 0.608. The lowest BCUT2D eigenvalue weighted by molar-refractivity contribution is 0.112. The molecule has 1 atom stereocenters. The predicted molar refractivity (Wildman–Crippen MR) is 120 cm³/mol. The van der Waals surface area contributed by atoms with Crippen molar-refractivity contribution in [1.29, 1.82) is 0 Å². The topological polar surface area (TPSA) is 34.2 Å². The molecule has 0 spiro atoms. The third-order valence-corrected chi connectivity index (χ3v) is 6.47. The summed E-state index contributed by atoms with van der Waals surface area (Å²) in [5.74, 6) is 2.67. The van der Waals surface area contributed by atoms with Crippen LogP contribution in [0.4, 0.5) is 0 Å². The quantitative estimate of drug-likeness (QED) is 0.662. The van der Waals surface area contributed by atoms with E-state index in [4.69, 9.17) is 14.2 Å². The fraction of sp³-hybridized carbons (Fsp3) is 0.520. The molecular weight excluding hydrogens is 376 g/mol. The van der Waals surface area contributed by atoms with Crippen molar-refractivity contribution < 1.29 is 14.2 Å². The van der Waals surface area contributed by atoms with E-state index in [0.29, 0.717) is 6.04 Å². The number of likely N-dealkylation sites (tertiary alicyclic amines) is 1. The van der Waals surface area contributed by atoms with Gasteiger partial charge in [-0.05, 0) is 67.7 Å². The summed E-state index contributed by atoms with van der Waals surface area (Å²) >= 11 is 0. The van der Waals surface area contributed by atoms with Gasteiger partial charge in [0.25, 0.3) is 0 Å². The largest absolute Gasteiger partial charge is 0.493 e. The van der Waals surface area contributed by atoms with E-state index < -0.39 is 0 Å². The molecule has 0 aromatic heterocycles. The van der Waals surface area contributed by atoms with Gasteiger partial charge in [-0.2, -0.15) is 0 Å². The zero-order valence-corrected chi connectivity index (χ0v) is 18.5. The van der Waals surface area contributed by atoms with E-state index in [-0.39, 0.29) is 0 Å². The second-order valence-corrected chi connectivity index (χ2v) is 8.49. The van der Waals surface area contributed by atoms with Gasteiger partial charge in [0.15, 0.2) is 11.5 Å². The highest BCUT2D eigenvalue weighted by Gasteiger charge is 2.23. The van der Waals surface area contributed by atoms with Crippen LogP contribution >= 0.6 is 0 Å². The molecule has 5 heteroatoms. The number of rotatable bonds is 8. The molecule has 0 bridgehead atoms. The van der Waals surface area contributed by atoms with E-state index in [9.17, 15) is 0 Å². The van der Waals surface area contributed by atoms with E-state index in [1.807, 2.05) is 6.07 Å². The number of piperidine rings is 1. The lowest BCUT2D eigenvalue weighted by Gasteiger charge is -2.37. The number of nitrogens with zero attached hydrogens (tertiary/aromatic N) is 2. The van der Waals surface area contributed by atoms with Gasteiger partial charge < -0.3 is 19.1 Å². The molecule has 0 radical (unpaired) electrons. The standard InChI is InChI=1S/C25H34N2O3/c1-26(13-10-19-6-9-24(28-2)25(16-19)29-3)22-5-4-12-27(18-22)17-20-7-8-23-21(15-20)11-14-30-23/h6-9,15-16,22H,4-5,10-14,17-18H2,1-3H3/t22-/m0/s1. The van der Waals surface area contributed by atoms with Crippen LogP contribution in [0.3, 0.4) is 0 Å². The highest BCUT2D eigenvalue weighted by atomic mass is 16.5. The fourth-order valence-corrected chi connectivity index (χ4v) is 4.66. The molecule has 2 aliphatic heterocycles. The Hall–Kier alpha value is -2.24. The lowest BCUT2D eigenvalue weighted by atomic mass is 10.0. The van der Waals surface area contributed by atoms with Crippen LogP contribution in [0.5, 0.6) is 17.2 Å². The normalized spacial score (nSPS) is 18.9. The maximum absolute atomic E-state index is 5.65. The molecule has 30 heavy (non-hydrogen) atoms. The molecule has 0 amide bonds. The van der Waals surface area contributed by atoms with E-state index in [1.165, 1.54) is 36.1 Å². The van der Waals surface area contributed by atoms with E-state index in [1.54, 1.807) is 14.2 Å². The number of benzene rings is 2. The number of likely N-dealkylation sites (N-methyl/N-ethyl adjacent to an activating group) is 1. The molecule has 1 saturated heterocycles. The summed E-state index contributed by atoms with van der Waals surface area (Å²) < 4.78 is 16.4. The molecule has 2 heterocycles. The van der Waals surface area contributed by atoms with Gasteiger partial charge in [0, 0.05) is 32.1 Å². The Kier molecular flexibility index (Phi) is 6.80. The van der Waals surface area contributed by atoms with Gasteiger partial charge in [-0.3, -0.25) is 4.90 Å². The van der Waals surface area contributed by atoms with Crippen molar-refractivity contribution in [3.05, 3.63) is 53.1 Å². The van der Waals surface area contributed by atoms with Crippen molar-refractivity contribution in [3.63, 3.8) is 0 Å².